The molecule has 12 heteroatoms. The molecular formula is C21H23F2NO8P+. The van der Waals surface area contributed by atoms with Crippen LogP contribution >= 0.6 is 7.82 Å². The Morgan fingerprint density at radius 3 is 2.67 bits per heavy atom. The lowest BCUT2D eigenvalue weighted by atomic mass is 10.1. The molecule has 4 unspecified atom stereocenters. The monoisotopic (exact) mass is 486 g/mol. The number of hydrogen-bond donors (Lipinski definition) is 2. The highest BCUT2D eigenvalue weighted by molar-refractivity contribution is 7.48. The zero-order chi connectivity index (χ0) is 23.8. The third-order valence-electron chi connectivity index (χ3n) is 5.40. The number of carbonyl (C=O) groups excluding carboxylic acids is 1. The number of aliphatic hydroxyl groups is 2. The van der Waals surface area contributed by atoms with Gasteiger partial charge in [0.2, 0.25) is 0 Å². The molecule has 2 aliphatic rings. The number of phosphoric ester groups is 1. The molecule has 2 N–H and O–H groups in total. The average molecular weight is 486 g/mol. The Bertz CT molecular complexity index is 1070. The van der Waals surface area contributed by atoms with Gasteiger partial charge in [0.15, 0.2) is 24.3 Å². The lowest BCUT2D eigenvalue weighted by Crippen LogP contribution is -2.46. The number of carbonyl (C=O) groups is 1. The molecule has 2 aromatic rings. The molecule has 2 fully saturated rings. The van der Waals surface area contributed by atoms with E-state index in [0.29, 0.717) is 11.6 Å². The molecule has 0 saturated carbocycles. The normalized spacial score (nSPS) is 32.1. The molecule has 0 spiro atoms. The van der Waals surface area contributed by atoms with Gasteiger partial charge in [-0.1, -0.05) is 0 Å². The van der Waals surface area contributed by atoms with Gasteiger partial charge < -0.3 is 14.9 Å². The van der Waals surface area contributed by atoms with Gasteiger partial charge in [0, 0.05) is 18.6 Å². The summed E-state index contributed by atoms with van der Waals surface area (Å²) >= 11 is 0. The van der Waals surface area contributed by atoms with Crippen LogP contribution in [0.15, 0.2) is 42.7 Å². The van der Waals surface area contributed by atoms with Crippen LogP contribution in [-0.4, -0.2) is 47.5 Å². The lowest BCUT2D eigenvalue weighted by Gasteiger charge is -2.29. The van der Waals surface area contributed by atoms with Crippen LogP contribution in [0.25, 0.3) is 0 Å². The van der Waals surface area contributed by atoms with Crippen LogP contribution in [0.3, 0.4) is 0 Å². The van der Waals surface area contributed by atoms with Crippen LogP contribution in [0.1, 0.15) is 41.6 Å². The summed E-state index contributed by atoms with van der Waals surface area (Å²) in [6.45, 7) is 0.889. The number of pyridine rings is 1. The highest BCUT2D eigenvalue weighted by Crippen LogP contribution is 2.57. The van der Waals surface area contributed by atoms with E-state index in [4.69, 9.17) is 18.3 Å². The van der Waals surface area contributed by atoms with Crippen molar-refractivity contribution >= 4 is 13.6 Å². The van der Waals surface area contributed by atoms with Gasteiger partial charge >= 0.3 is 7.82 Å². The molecule has 3 heterocycles. The summed E-state index contributed by atoms with van der Waals surface area (Å²) < 4.78 is 62.9. The molecule has 2 saturated heterocycles. The summed E-state index contributed by atoms with van der Waals surface area (Å²) in [5, 5.41) is 20.8. The maximum Gasteiger partial charge on any atom is 0.475 e. The summed E-state index contributed by atoms with van der Waals surface area (Å²) in [6.07, 6.45) is -2.56. The number of ketones is 1. The van der Waals surface area contributed by atoms with Crippen LogP contribution < -0.4 is 4.57 Å². The number of hydrogen-bond acceptors (Lipinski definition) is 8. The molecule has 0 radical (unpaired) electrons. The minimum absolute atomic E-state index is 0.0485. The van der Waals surface area contributed by atoms with Gasteiger partial charge in [-0.3, -0.25) is 18.4 Å². The van der Waals surface area contributed by atoms with Crippen molar-refractivity contribution in [2.24, 2.45) is 0 Å². The van der Waals surface area contributed by atoms with E-state index in [0.717, 1.165) is 12.1 Å². The summed E-state index contributed by atoms with van der Waals surface area (Å²) in [5.74, 6) is -1.79. The molecule has 0 aliphatic carbocycles. The van der Waals surface area contributed by atoms with Crippen LogP contribution in [0.5, 0.6) is 0 Å². The number of nitrogens with zero attached hydrogens (tertiary/aromatic N) is 1. The number of aromatic nitrogens is 1. The molecule has 6 atom stereocenters. The average Bonchev–Trinajstić information content (AvgIpc) is 3.06. The third kappa shape index (κ3) is 5.36. The predicted octanol–water partition coefficient (Wildman–Crippen LogP) is 2.38. The molecule has 0 bridgehead atoms. The number of halogens is 2. The quantitative estimate of drug-likeness (QED) is 0.363. The van der Waals surface area contributed by atoms with Crippen molar-refractivity contribution in [2.45, 2.75) is 44.0 Å². The van der Waals surface area contributed by atoms with Crippen molar-refractivity contribution in [2.75, 3.05) is 13.2 Å². The van der Waals surface area contributed by atoms with Gasteiger partial charge in [-0.2, -0.15) is 4.57 Å². The molecule has 0 amide bonds. The fourth-order valence-corrected chi connectivity index (χ4v) is 5.10. The van der Waals surface area contributed by atoms with E-state index in [1.165, 1.54) is 17.7 Å². The van der Waals surface area contributed by atoms with E-state index >= 15 is 0 Å². The Kier molecular flexibility index (Phi) is 7.01. The van der Waals surface area contributed by atoms with Gasteiger partial charge in [-0.05, 0) is 30.7 Å². The number of Topliss-reactive ketones (excluding diaryl/α,β-unsaturated/α-hetero) is 1. The fraction of sp³-hybridized carbons (Fsp3) is 0.429. The minimum atomic E-state index is -4.15. The smallest absolute Gasteiger partial charge is 0.387 e. The second kappa shape index (κ2) is 9.63. The molecule has 1 aromatic heterocycles. The minimum Gasteiger partial charge on any atom is -0.387 e. The zero-order valence-corrected chi connectivity index (χ0v) is 18.4. The lowest BCUT2D eigenvalue weighted by molar-refractivity contribution is -0.765. The Morgan fingerprint density at radius 1 is 1.24 bits per heavy atom. The van der Waals surface area contributed by atoms with Gasteiger partial charge in [-0.15, -0.1) is 0 Å². The molecule has 1 aromatic carbocycles. The van der Waals surface area contributed by atoms with Crippen LogP contribution in [-0.2, 0) is 22.9 Å². The first-order chi connectivity index (χ1) is 15.6. The summed E-state index contributed by atoms with van der Waals surface area (Å²) in [7, 11) is -4.15. The molecule has 9 nitrogen and oxygen atoms in total. The van der Waals surface area contributed by atoms with Gasteiger partial charge in [0.05, 0.1) is 24.9 Å². The van der Waals surface area contributed by atoms with Crippen molar-refractivity contribution in [3.63, 3.8) is 0 Å². The van der Waals surface area contributed by atoms with Gasteiger partial charge in [0.25, 0.3) is 6.23 Å². The topological polar surface area (TPSA) is 115 Å². The van der Waals surface area contributed by atoms with Crippen molar-refractivity contribution < 1.29 is 51.2 Å². The Balaban J connectivity index is 1.42. The number of benzene rings is 1. The molecule has 33 heavy (non-hydrogen) atoms. The zero-order valence-electron chi connectivity index (χ0n) is 17.5. The first kappa shape index (κ1) is 24.0. The number of ether oxygens (including phenoxy) is 1. The van der Waals surface area contributed by atoms with Crippen LogP contribution in [0, 0.1) is 11.6 Å². The first-order valence-corrected chi connectivity index (χ1v) is 11.7. The van der Waals surface area contributed by atoms with E-state index in [2.05, 4.69) is 0 Å². The Hall–Kier alpha value is -2.11. The maximum absolute atomic E-state index is 13.5. The molecule has 2 aliphatic heterocycles. The van der Waals surface area contributed by atoms with Crippen molar-refractivity contribution in [1.82, 2.24) is 0 Å². The predicted molar refractivity (Wildman–Crippen MR) is 107 cm³/mol. The summed E-state index contributed by atoms with van der Waals surface area (Å²) in [6, 6.07) is 6.05. The molecule has 178 valence electrons. The summed E-state index contributed by atoms with van der Waals surface area (Å²) in [4.78, 5) is 11.6. The van der Waals surface area contributed by atoms with E-state index in [1.807, 2.05) is 0 Å². The molecule has 4 rings (SSSR count). The van der Waals surface area contributed by atoms with Crippen molar-refractivity contribution in [3.8, 4) is 0 Å². The highest BCUT2D eigenvalue weighted by atomic mass is 31.2. The standard InChI is InChI=1S/C21H23F2NO8P/c1-12(25)13-3-2-5-24(10-13)21-20(27)19(26)18(31-21)11-30-33(28)29-6-4-17(32-33)14-7-15(22)9-16(23)8-14/h2-3,5,7-10,17-21,26-27H,4,6,11H2,1H3/q+1/t17?,18-,19?,20?,21-,33?/m1/s1. The van der Waals surface area contributed by atoms with Gasteiger partial charge in [-0.25, -0.2) is 13.3 Å². The maximum atomic E-state index is 13.5. The van der Waals surface area contributed by atoms with Crippen LogP contribution in [0.2, 0.25) is 0 Å². The van der Waals surface area contributed by atoms with Crippen LogP contribution in [0.4, 0.5) is 8.78 Å². The third-order valence-corrected chi connectivity index (χ3v) is 6.88. The number of rotatable bonds is 6. The summed E-state index contributed by atoms with van der Waals surface area (Å²) in [5.41, 5.74) is 0.532. The van der Waals surface area contributed by atoms with E-state index in [-0.39, 0.29) is 24.4 Å². The fourth-order valence-electron chi connectivity index (χ4n) is 3.70. The van der Waals surface area contributed by atoms with Crippen molar-refractivity contribution in [1.29, 1.82) is 0 Å². The Labute approximate surface area is 188 Å². The van der Waals surface area contributed by atoms with Gasteiger partial charge in [0.1, 0.15) is 23.8 Å². The largest absolute Gasteiger partial charge is 0.475 e. The van der Waals surface area contributed by atoms with E-state index in [9.17, 15) is 28.4 Å². The number of phosphoric acid groups is 1. The van der Waals surface area contributed by atoms with E-state index in [1.54, 1.807) is 18.3 Å². The van der Waals surface area contributed by atoms with E-state index < -0.39 is 56.7 Å². The second-order valence-corrected chi connectivity index (χ2v) is 9.43. The van der Waals surface area contributed by atoms with Crippen molar-refractivity contribution in [3.05, 3.63) is 65.5 Å². The highest BCUT2D eigenvalue weighted by Gasteiger charge is 2.49. The first-order valence-electron chi connectivity index (χ1n) is 10.2. The second-order valence-electron chi connectivity index (χ2n) is 7.80. The molecular weight excluding hydrogens is 463 g/mol. The Morgan fingerprint density at radius 2 is 1.97 bits per heavy atom. The SMILES string of the molecule is CC(=O)c1ccc[n+]([C@@H]2O[C@H](COP3(=O)OCCC(c4cc(F)cc(F)c4)O3)C(O)C2O)c1. The number of aliphatic hydroxyl groups excluding tert-OH is 2.